The molecule has 0 spiro atoms. The summed E-state index contributed by atoms with van der Waals surface area (Å²) in [4.78, 5) is 0. The first-order valence-electron chi connectivity index (χ1n) is 4.73. The first-order chi connectivity index (χ1) is 8.33. The lowest BCUT2D eigenvalue weighted by molar-refractivity contribution is 0.919. The topological polar surface area (TPSA) is 56.0 Å². The average Bonchev–Trinajstić information content (AvgIpc) is 2.93. The molecule has 0 aromatic carbocycles. The zero-order chi connectivity index (χ0) is 11.7. The molecule has 17 heavy (non-hydrogen) atoms. The van der Waals surface area contributed by atoms with E-state index in [1.54, 1.807) is 11.8 Å². The molecule has 0 aliphatic carbocycles. The number of fused-ring (bicyclic) bond motifs is 1. The van der Waals surface area contributed by atoms with E-state index in [4.69, 9.17) is 11.6 Å². The van der Waals surface area contributed by atoms with Gasteiger partial charge in [-0.05, 0) is 23.7 Å². The van der Waals surface area contributed by atoms with Gasteiger partial charge < -0.3 is 0 Å². The van der Waals surface area contributed by atoms with Gasteiger partial charge in [-0.2, -0.15) is 0 Å². The lowest BCUT2D eigenvalue weighted by Gasteiger charge is -1.96. The zero-order valence-electron chi connectivity index (χ0n) is 8.45. The molecule has 0 aliphatic rings. The third-order valence-corrected chi connectivity index (χ3v) is 4.21. The highest BCUT2D eigenvalue weighted by Gasteiger charge is 2.07. The van der Waals surface area contributed by atoms with E-state index in [2.05, 4.69) is 20.4 Å². The van der Waals surface area contributed by atoms with Gasteiger partial charge in [-0.1, -0.05) is 29.2 Å². The quantitative estimate of drug-likeness (QED) is 0.691. The van der Waals surface area contributed by atoms with Crippen LogP contribution >= 0.6 is 34.7 Å². The van der Waals surface area contributed by atoms with Crippen LogP contribution in [0.5, 0.6) is 0 Å². The largest absolute Gasteiger partial charge is 0.277 e. The van der Waals surface area contributed by atoms with E-state index in [9.17, 15) is 0 Å². The molecule has 3 aromatic rings. The Kier molecular flexibility index (Phi) is 2.96. The molecule has 3 heterocycles. The molecule has 3 rings (SSSR count). The highest BCUT2D eigenvalue weighted by molar-refractivity contribution is 7.98. The van der Waals surface area contributed by atoms with E-state index >= 15 is 0 Å². The number of thioether (sulfide) groups is 1. The van der Waals surface area contributed by atoms with Gasteiger partial charge >= 0.3 is 0 Å². The van der Waals surface area contributed by atoms with Crippen molar-refractivity contribution < 1.29 is 0 Å². The second-order valence-electron chi connectivity index (χ2n) is 3.15. The smallest absolute Gasteiger partial charge is 0.207 e. The van der Waals surface area contributed by atoms with E-state index in [1.807, 2.05) is 28.8 Å². The van der Waals surface area contributed by atoms with Crippen LogP contribution in [0, 0.1) is 0 Å². The maximum Gasteiger partial charge on any atom is 0.207 e. The molecule has 0 saturated carbocycles. The monoisotopic (exact) mass is 283 g/mol. The number of aromatic nitrogens is 5. The first-order valence-corrected chi connectivity index (χ1v) is 6.91. The first kappa shape index (κ1) is 10.9. The molecule has 8 heteroatoms. The highest BCUT2D eigenvalue weighted by Crippen LogP contribution is 2.24. The van der Waals surface area contributed by atoms with Gasteiger partial charge in [0.05, 0.1) is 5.75 Å². The van der Waals surface area contributed by atoms with Gasteiger partial charge in [0.1, 0.15) is 5.01 Å². The van der Waals surface area contributed by atoms with Crippen molar-refractivity contribution in [3.8, 4) is 0 Å². The zero-order valence-corrected chi connectivity index (χ0v) is 10.8. The van der Waals surface area contributed by atoms with Gasteiger partial charge in [-0.15, -0.1) is 20.4 Å². The third-order valence-electron chi connectivity index (χ3n) is 2.05. The maximum absolute atomic E-state index is 5.72. The minimum absolute atomic E-state index is 0.465. The Hall–Kier alpha value is -1.18. The molecular weight excluding hydrogens is 278 g/mol. The van der Waals surface area contributed by atoms with Gasteiger partial charge in [0.15, 0.2) is 10.8 Å². The van der Waals surface area contributed by atoms with Gasteiger partial charge in [0.25, 0.3) is 0 Å². The van der Waals surface area contributed by atoms with Crippen molar-refractivity contribution in [1.82, 2.24) is 24.8 Å². The fourth-order valence-electron chi connectivity index (χ4n) is 1.34. The molecule has 3 aromatic heterocycles. The van der Waals surface area contributed by atoms with Crippen LogP contribution in [0.1, 0.15) is 5.01 Å². The molecule has 0 radical (unpaired) electrons. The summed E-state index contributed by atoms with van der Waals surface area (Å²) in [6.07, 6.45) is 1.94. The molecule has 0 saturated heterocycles. The fraction of sp³-hybridized carbons (Fsp3) is 0.111. The Bertz CT molecular complexity index is 649. The number of hydrogen-bond acceptors (Lipinski definition) is 6. The van der Waals surface area contributed by atoms with Crippen LogP contribution in [-0.2, 0) is 5.75 Å². The lowest BCUT2D eigenvalue weighted by Crippen LogP contribution is -1.87. The van der Waals surface area contributed by atoms with Crippen molar-refractivity contribution in [3.63, 3.8) is 0 Å². The molecule has 5 nitrogen and oxygen atoms in total. The summed E-state index contributed by atoms with van der Waals surface area (Å²) < 4.78 is 2.40. The SMILES string of the molecule is Clc1nnc(CSc2nnc3ccccn23)s1. The van der Waals surface area contributed by atoms with E-state index in [1.165, 1.54) is 11.3 Å². The summed E-state index contributed by atoms with van der Waals surface area (Å²) in [6.45, 7) is 0. The summed E-state index contributed by atoms with van der Waals surface area (Å²) >= 11 is 8.66. The van der Waals surface area contributed by atoms with Crippen LogP contribution in [0.2, 0.25) is 4.47 Å². The fourth-order valence-corrected chi connectivity index (χ4v) is 3.11. The number of pyridine rings is 1. The van der Waals surface area contributed by atoms with E-state index in [-0.39, 0.29) is 0 Å². The number of halogens is 1. The number of hydrogen-bond donors (Lipinski definition) is 0. The minimum Gasteiger partial charge on any atom is -0.277 e. The molecular formula is C9H6ClN5S2. The van der Waals surface area contributed by atoms with Crippen molar-refractivity contribution in [1.29, 1.82) is 0 Å². The normalized spacial score (nSPS) is 11.1. The molecule has 0 bridgehead atoms. The van der Waals surface area contributed by atoms with Gasteiger partial charge in [0.2, 0.25) is 4.47 Å². The Morgan fingerprint density at radius 2 is 2.18 bits per heavy atom. The second kappa shape index (κ2) is 4.59. The number of rotatable bonds is 3. The van der Waals surface area contributed by atoms with Gasteiger partial charge in [-0.3, -0.25) is 4.40 Å². The molecule has 0 N–H and O–H groups in total. The molecule has 86 valence electrons. The van der Waals surface area contributed by atoms with Crippen molar-refractivity contribution in [2.75, 3.05) is 0 Å². The molecule has 0 unspecified atom stereocenters. The predicted octanol–water partition coefficient (Wildman–Crippen LogP) is 2.53. The summed E-state index contributed by atoms with van der Waals surface area (Å²) in [7, 11) is 0. The molecule has 0 aliphatic heterocycles. The standard InChI is InChI=1S/C9H6ClN5S2/c10-8-13-12-7(17-8)5-16-9-14-11-6-3-1-2-4-15(6)9/h1-4H,5H2. The molecule has 0 amide bonds. The maximum atomic E-state index is 5.72. The van der Waals surface area contributed by atoms with Crippen LogP contribution in [0.15, 0.2) is 29.6 Å². The van der Waals surface area contributed by atoms with Crippen molar-refractivity contribution in [2.45, 2.75) is 10.9 Å². The Morgan fingerprint density at radius 3 is 3.00 bits per heavy atom. The summed E-state index contributed by atoms with van der Waals surface area (Å²) in [5.41, 5.74) is 0.838. The van der Waals surface area contributed by atoms with Crippen LogP contribution in [-0.4, -0.2) is 24.8 Å². The lowest BCUT2D eigenvalue weighted by atomic mass is 10.5. The summed E-state index contributed by atoms with van der Waals surface area (Å²) in [5, 5.41) is 17.6. The third kappa shape index (κ3) is 2.26. The summed E-state index contributed by atoms with van der Waals surface area (Å²) in [5.74, 6) is 0.695. The predicted molar refractivity (Wildman–Crippen MR) is 67.5 cm³/mol. The van der Waals surface area contributed by atoms with Crippen molar-refractivity contribution in [3.05, 3.63) is 33.9 Å². The van der Waals surface area contributed by atoms with E-state index in [0.717, 1.165) is 15.8 Å². The summed E-state index contributed by atoms with van der Waals surface area (Å²) in [6, 6.07) is 5.80. The van der Waals surface area contributed by atoms with E-state index in [0.29, 0.717) is 10.2 Å². The average molecular weight is 284 g/mol. The van der Waals surface area contributed by atoms with E-state index < -0.39 is 0 Å². The van der Waals surface area contributed by atoms with Crippen LogP contribution in [0.3, 0.4) is 0 Å². The van der Waals surface area contributed by atoms with Crippen molar-refractivity contribution >= 4 is 40.3 Å². The van der Waals surface area contributed by atoms with Crippen LogP contribution < -0.4 is 0 Å². The Morgan fingerprint density at radius 1 is 1.24 bits per heavy atom. The minimum atomic E-state index is 0.465. The molecule has 0 fully saturated rings. The van der Waals surface area contributed by atoms with Crippen molar-refractivity contribution in [2.24, 2.45) is 0 Å². The Labute approximate surface area is 110 Å². The molecule has 0 atom stereocenters. The van der Waals surface area contributed by atoms with Gasteiger partial charge in [-0.25, -0.2) is 0 Å². The van der Waals surface area contributed by atoms with Crippen LogP contribution in [0.4, 0.5) is 0 Å². The second-order valence-corrected chi connectivity index (χ2v) is 5.74. The van der Waals surface area contributed by atoms with Crippen LogP contribution in [0.25, 0.3) is 5.65 Å². The number of nitrogens with zero attached hydrogens (tertiary/aromatic N) is 5. The highest BCUT2D eigenvalue weighted by atomic mass is 35.5. The van der Waals surface area contributed by atoms with Gasteiger partial charge in [0, 0.05) is 6.20 Å². The Balaban J connectivity index is 1.81.